The number of benzene rings is 1. The Morgan fingerprint density at radius 2 is 1.92 bits per heavy atom. The normalized spacial score (nSPS) is 14.3. The summed E-state index contributed by atoms with van der Waals surface area (Å²) in [5.74, 6) is 1.09. The Morgan fingerprint density at radius 3 is 2.63 bits per heavy atom. The van der Waals surface area contributed by atoms with E-state index in [0.717, 1.165) is 33.4 Å². The van der Waals surface area contributed by atoms with Crippen LogP contribution in [0.5, 0.6) is 0 Å². The molecule has 0 spiro atoms. The lowest BCUT2D eigenvalue weighted by molar-refractivity contribution is 0.122. The molecule has 0 aliphatic carbocycles. The fourth-order valence-corrected chi connectivity index (χ4v) is 4.80. The summed E-state index contributed by atoms with van der Waals surface area (Å²) >= 11 is 0. The largest absolute Gasteiger partial charge is 0.382 e. The Morgan fingerprint density at radius 1 is 1.16 bits per heavy atom. The van der Waals surface area contributed by atoms with Crippen molar-refractivity contribution < 1.29 is 4.74 Å². The van der Waals surface area contributed by atoms with Gasteiger partial charge in [0.05, 0.1) is 24.8 Å². The van der Waals surface area contributed by atoms with Crippen molar-refractivity contribution in [3.05, 3.63) is 63.6 Å². The molecule has 38 heavy (non-hydrogen) atoms. The second kappa shape index (κ2) is 9.99. The second-order valence-corrected chi connectivity index (χ2v) is 9.37. The number of hydrogen-bond acceptors (Lipinski definition) is 10. The summed E-state index contributed by atoms with van der Waals surface area (Å²) in [6, 6.07) is 11.8. The number of aryl methyl sites for hydroxylation is 2. The van der Waals surface area contributed by atoms with Crippen molar-refractivity contribution in [2.75, 3.05) is 48.0 Å². The number of rotatable bonds is 5. The van der Waals surface area contributed by atoms with Gasteiger partial charge in [-0.05, 0) is 26.0 Å². The molecule has 4 heterocycles. The second-order valence-electron chi connectivity index (χ2n) is 9.37. The Balaban J connectivity index is 1.66. The zero-order valence-electron chi connectivity index (χ0n) is 21.5. The van der Waals surface area contributed by atoms with Gasteiger partial charge in [0.15, 0.2) is 5.82 Å². The lowest BCUT2D eigenvalue weighted by Gasteiger charge is -2.31. The molecule has 1 aliphatic heterocycles. The maximum absolute atomic E-state index is 12.3. The topological polar surface area (TPSA) is 161 Å². The van der Waals surface area contributed by atoms with E-state index in [2.05, 4.69) is 32.3 Å². The van der Waals surface area contributed by atoms with E-state index in [9.17, 15) is 10.1 Å². The first kappa shape index (κ1) is 25.0. The summed E-state index contributed by atoms with van der Waals surface area (Å²) in [5.41, 5.74) is 16.1. The Kier molecular flexibility index (Phi) is 6.57. The molecular weight excluding hydrogens is 482 g/mol. The minimum Gasteiger partial charge on any atom is -0.382 e. The van der Waals surface area contributed by atoms with Gasteiger partial charge in [-0.2, -0.15) is 15.2 Å². The molecule has 4 aromatic rings. The maximum atomic E-state index is 12.3. The van der Waals surface area contributed by atoms with Gasteiger partial charge < -0.3 is 31.0 Å². The van der Waals surface area contributed by atoms with Crippen LogP contribution in [0.25, 0.3) is 22.0 Å². The highest BCUT2D eigenvalue weighted by Crippen LogP contribution is 2.35. The molecule has 1 aliphatic rings. The van der Waals surface area contributed by atoms with Gasteiger partial charge in [0, 0.05) is 54.0 Å². The molecule has 11 heteroatoms. The molecule has 11 nitrogen and oxygen atoms in total. The average molecular weight is 512 g/mol. The van der Waals surface area contributed by atoms with Crippen LogP contribution in [-0.4, -0.2) is 45.8 Å². The van der Waals surface area contributed by atoms with E-state index in [1.165, 1.54) is 0 Å². The van der Waals surface area contributed by atoms with Gasteiger partial charge in [-0.15, -0.1) is 0 Å². The van der Waals surface area contributed by atoms with Crippen molar-refractivity contribution in [3.63, 3.8) is 0 Å². The van der Waals surface area contributed by atoms with Gasteiger partial charge in [-0.1, -0.05) is 18.2 Å². The summed E-state index contributed by atoms with van der Waals surface area (Å²) in [7, 11) is 1.75. The lowest BCUT2D eigenvalue weighted by Crippen LogP contribution is -2.37. The molecule has 0 radical (unpaired) electrons. The SMILES string of the molecule is Cc1cc(-c2cccc3cc([C@H](C)Nc4nc(N)nc(N)c4C#N)c(N4CCOCC4)nc23)cn(C)c1=O. The third-order valence-electron chi connectivity index (χ3n) is 6.72. The van der Waals surface area contributed by atoms with E-state index in [-0.39, 0.29) is 34.7 Å². The van der Waals surface area contributed by atoms with Crippen molar-refractivity contribution in [2.45, 2.75) is 19.9 Å². The fourth-order valence-electron chi connectivity index (χ4n) is 4.80. The van der Waals surface area contributed by atoms with Crippen molar-refractivity contribution in [1.82, 2.24) is 19.5 Å². The number of nitrogens with one attached hydrogen (secondary N) is 1. The first-order chi connectivity index (χ1) is 18.3. The number of pyridine rings is 2. The highest BCUT2D eigenvalue weighted by Gasteiger charge is 2.23. The predicted octanol–water partition coefficient (Wildman–Crippen LogP) is 2.74. The van der Waals surface area contributed by atoms with E-state index in [4.69, 9.17) is 21.2 Å². The van der Waals surface area contributed by atoms with E-state index < -0.39 is 0 Å². The molecule has 1 fully saturated rings. The van der Waals surface area contributed by atoms with E-state index in [1.807, 2.05) is 44.3 Å². The van der Waals surface area contributed by atoms with Crippen molar-refractivity contribution in [3.8, 4) is 17.2 Å². The molecule has 0 saturated carbocycles. The van der Waals surface area contributed by atoms with Gasteiger partial charge in [-0.3, -0.25) is 4.79 Å². The van der Waals surface area contributed by atoms with Crippen molar-refractivity contribution in [2.24, 2.45) is 7.05 Å². The minimum absolute atomic E-state index is 0.0153. The van der Waals surface area contributed by atoms with Crippen LogP contribution in [0.2, 0.25) is 0 Å². The van der Waals surface area contributed by atoms with Crippen molar-refractivity contribution >= 4 is 34.3 Å². The molecule has 1 atom stereocenters. The van der Waals surface area contributed by atoms with Crippen LogP contribution in [0.1, 0.15) is 29.7 Å². The van der Waals surface area contributed by atoms with Crippen LogP contribution in [0, 0.1) is 18.3 Å². The number of morpholine rings is 1. The summed E-state index contributed by atoms with van der Waals surface area (Å²) in [6.45, 7) is 6.37. The van der Waals surface area contributed by atoms with E-state index >= 15 is 0 Å². The van der Waals surface area contributed by atoms with Gasteiger partial charge >= 0.3 is 0 Å². The number of nitrogens with zero attached hydrogens (tertiary/aromatic N) is 6. The van der Waals surface area contributed by atoms with Gasteiger partial charge in [0.1, 0.15) is 23.3 Å². The molecule has 3 aromatic heterocycles. The number of fused-ring (bicyclic) bond motifs is 1. The van der Waals surface area contributed by atoms with Crippen LogP contribution in [-0.2, 0) is 11.8 Å². The standard InChI is InChI=1S/C27H29N9O2/c1-15-11-18(14-35(3)26(15)37)19-6-4-5-17-12-20(25(32-22(17)19)36-7-9-38-10-8-36)16(2)31-24-21(13-28)23(29)33-27(30)34-24/h4-6,11-12,14,16H,7-10H2,1-3H3,(H5,29,30,31,33,34)/t16-/m0/s1. The summed E-state index contributed by atoms with van der Waals surface area (Å²) in [6.07, 6.45) is 1.84. The third-order valence-corrected chi connectivity index (χ3v) is 6.72. The molecular formula is C27H29N9O2. The first-order valence-electron chi connectivity index (χ1n) is 12.3. The van der Waals surface area contributed by atoms with E-state index in [0.29, 0.717) is 31.9 Å². The average Bonchev–Trinajstić information content (AvgIpc) is 2.90. The number of nitriles is 1. The van der Waals surface area contributed by atoms with Crippen LogP contribution >= 0.6 is 0 Å². The number of ether oxygens (including phenoxy) is 1. The molecule has 0 amide bonds. The Bertz CT molecular complexity index is 1610. The summed E-state index contributed by atoms with van der Waals surface area (Å²) in [4.78, 5) is 27.8. The number of hydrogen-bond donors (Lipinski definition) is 3. The van der Waals surface area contributed by atoms with Crippen LogP contribution in [0.3, 0.4) is 0 Å². The first-order valence-corrected chi connectivity index (χ1v) is 12.3. The number of aromatic nitrogens is 4. The molecule has 0 bridgehead atoms. The lowest BCUT2D eigenvalue weighted by atomic mass is 9.99. The molecule has 5 rings (SSSR count). The number of nitrogen functional groups attached to an aromatic ring is 2. The minimum atomic E-state index is -0.297. The predicted molar refractivity (Wildman–Crippen MR) is 148 cm³/mol. The highest BCUT2D eigenvalue weighted by molar-refractivity contribution is 5.95. The Labute approximate surface area is 219 Å². The summed E-state index contributed by atoms with van der Waals surface area (Å²) < 4.78 is 7.19. The molecule has 0 unspecified atom stereocenters. The van der Waals surface area contributed by atoms with Crippen LogP contribution < -0.4 is 27.2 Å². The monoisotopic (exact) mass is 511 g/mol. The van der Waals surface area contributed by atoms with Gasteiger partial charge in [0.2, 0.25) is 5.95 Å². The fraction of sp³-hybridized carbons (Fsp3) is 0.296. The molecule has 5 N–H and O–H groups in total. The third kappa shape index (κ3) is 4.57. The van der Waals surface area contributed by atoms with Gasteiger partial charge in [0.25, 0.3) is 5.56 Å². The smallest absolute Gasteiger partial charge is 0.253 e. The number of nitrogens with two attached hydrogens (primary N) is 2. The maximum Gasteiger partial charge on any atom is 0.253 e. The van der Waals surface area contributed by atoms with E-state index in [1.54, 1.807) is 11.6 Å². The molecule has 1 saturated heterocycles. The quantitative estimate of drug-likeness (QED) is 0.363. The zero-order valence-corrected chi connectivity index (χ0v) is 21.5. The molecule has 194 valence electrons. The zero-order chi connectivity index (χ0) is 27.0. The number of para-hydroxylation sites is 1. The van der Waals surface area contributed by atoms with Crippen molar-refractivity contribution in [1.29, 1.82) is 5.26 Å². The summed E-state index contributed by atoms with van der Waals surface area (Å²) in [5, 5.41) is 13.9. The number of anilines is 4. The molecule has 1 aromatic carbocycles. The Hall–Kier alpha value is -4.69. The van der Waals surface area contributed by atoms with Crippen LogP contribution in [0.15, 0.2) is 41.3 Å². The van der Waals surface area contributed by atoms with Crippen LogP contribution in [0.4, 0.5) is 23.4 Å². The van der Waals surface area contributed by atoms with Gasteiger partial charge in [-0.25, -0.2) is 4.98 Å². The highest BCUT2D eigenvalue weighted by atomic mass is 16.5.